The molecular weight excluding hydrogens is 320 g/mol. The molecule has 0 heterocycles. The average molecular weight is 352 g/mol. The normalized spacial score (nSPS) is 11.4. The SMILES string of the molecule is CCNC(=NCc1cc(OC)c(OC)c(OC)c1)NCCN(C)CC. The molecule has 1 aromatic carbocycles. The number of ether oxygens (including phenoxy) is 3. The Hall–Kier alpha value is -2.15. The minimum atomic E-state index is 0.510. The van der Waals surface area contributed by atoms with Crippen molar-refractivity contribution in [3.05, 3.63) is 17.7 Å². The Morgan fingerprint density at radius 2 is 1.68 bits per heavy atom. The summed E-state index contributed by atoms with van der Waals surface area (Å²) in [6.07, 6.45) is 0. The predicted molar refractivity (Wildman–Crippen MR) is 102 cm³/mol. The molecule has 1 rings (SSSR count). The van der Waals surface area contributed by atoms with E-state index >= 15 is 0 Å². The zero-order valence-corrected chi connectivity index (χ0v) is 16.3. The highest BCUT2D eigenvalue weighted by Crippen LogP contribution is 2.38. The summed E-state index contributed by atoms with van der Waals surface area (Å²) in [5, 5.41) is 6.60. The van der Waals surface area contributed by atoms with Crippen molar-refractivity contribution in [3.63, 3.8) is 0 Å². The first-order valence-electron chi connectivity index (χ1n) is 8.59. The Morgan fingerprint density at radius 1 is 1.04 bits per heavy atom. The first kappa shape index (κ1) is 20.9. The number of methoxy groups -OCH3 is 3. The summed E-state index contributed by atoms with van der Waals surface area (Å²) in [6.45, 7) is 8.34. The van der Waals surface area contributed by atoms with Crippen LogP contribution in [0.1, 0.15) is 19.4 Å². The molecule has 0 unspecified atom stereocenters. The van der Waals surface area contributed by atoms with Crippen molar-refractivity contribution < 1.29 is 14.2 Å². The van der Waals surface area contributed by atoms with E-state index in [1.807, 2.05) is 12.1 Å². The van der Waals surface area contributed by atoms with Crippen molar-refractivity contribution in [1.29, 1.82) is 0 Å². The quantitative estimate of drug-likeness (QED) is 0.494. The predicted octanol–water partition coefficient (Wildman–Crippen LogP) is 1.72. The lowest BCUT2D eigenvalue weighted by molar-refractivity contribution is 0.324. The zero-order chi connectivity index (χ0) is 18.7. The third kappa shape index (κ3) is 6.70. The average Bonchev–Trinajstić information content (AvgIpc) is 2.64. The van der Waals surface area contributed by atoms with Crippen molar-refractivity contribution in [2.75, 3.05) is 54.6 Å². The van der Waals surface area contributed by atoms with Crippen molar-refractivity contribution in [2.24, 2.45) is 4.99 Å². The second-order valence-electron chi connectivity index (χ2n) is 5.55. The fourth-order valence-electron chi connectivity index (χ4n) is 2.26. The summed E-state index contributed by atoms with van der Waals surface area (Å²) in [7, 11) is 6.92. The molecule has 2 N–H and O–H groups in total. The van der Waals surface area contributed by atoms with Gasteiger partial charge in [0.05, 0.1) is 27.9 Å². The number of likely N-dealkylation sites (N-methyl/N-ethyl adjacent to an activating group) is 1. The summed E-state index contributed by atoms with van der Waals surface area (Å²) in [5.41, 5.74) is 0.984. The third-order valence-corrected chi connectivity index (χ3v) is 3.81. The highest BCUT2D eigenvalue weighted by molar-refractivity contribution is 5.79. The first-order valence-corrected chi connectivity index (χ1v) is 8.59. The fourth-order valence-corrected chi connectivity index (χ4v) is 2.26. The molecule has 0 atom stereocenters. The minimum absolute atomic E-state index is 0.510. The van der Waals surface area contributed by atoms with Gasteiger partial charge in [0.15, 0.2) is 17.5 Å². The summed E-state index contributed by atoms with van der Waals surface area (Å²) < 4.78 is 16.1. The molecule has 0 aromatic heterocycles. The number of hydrogen-bond acceptors (Lipinski definition) is 5. The summed E-state index contributed by atoms with van der Waals surface area (Å²) in [6, 6.07) is 3.83. The lowest BCUT2D eigenvalue weighted by atomic mass is 10.2. The van der Waals surface area contributed by atoms with Gasteiger partial charge in [-0.3, -0.25) is 0 Å². The van der Waals surface area contributed by atoms with Crippen molar-refractivity contribution in [1.82, 2.24) is 15.5 Å². The van der Waals surface area contributed by atoms with E-state index in [1.54, 1.807) is 21.3 Å². The number of nitrogens with zero attached hydrogens (tertiary/aromatic N) is 2. The molecule has 1 aromatic rings. The lowest BCUT2D eigenvalue weighted by Crippen LogP contribution is -2.40. The van der Waals surface area contributed by atoms with Crippen LogP contribution in [0.2, 0.25) is 0 Å². The maximum absolute atomic E-state index is 5.39. The molecular formula is C18H32N4O3. The Labute approximate surface area is 151 Å². The second kappa shape index (κ2) is 11.4. The van der Waals surface area contributed by atoms with E-state index in [9.17, 15) is 0 Å². The summed E-state index contributed by atoms with van der Waals surface area (Å²) >= 11 is 0. The molecule has 0 amide bonds. The van der Waals surface area contributed by atoms with Gasteiger partial charge in [-0.05, 0) is 38.2 Å². The molecule has 7 nitrogen and oxygen atoms in total. The Morgan fingerprint density at radius 3 is 2.16 bits per heavy atom. The van der Waals surface area contributed by atoms with Crippen LogP contribution in [0.15, 0.2) is 17.1 Å². The minimum Gasteiger partial charge on any atom is -0.493 e. The molecule has 7 heteroatoms. The van der Waals surface area contributed by atoms with Gasteiger partial charge in [0, 0.05) is 19.6 Å². The largest absolute Gasteiger partial charge is 0.493 e. The van der Waals surface area contributed by atoms with Crippen LogP contribution in [-0.2, 0) is 6.54 Å². The molecule has 25 heavy (non-hydrogen) atoms. The fraction of sp³-hybridized carbons (Fsp3) is 0.611. The van der Waals surface area contributed by atoms with E-state index < -0.39 is 0 Å². The van der Waals surface area contributed by atoms with Crippen molar-refractivity contribution >= 4 is 5.96 Å². The smallest absolute Gasteiger partial charge is 0.203 e. The standard InChI is InChI=1S/C18H32N4O3/c1-7-19-18(20-9-10-22(3)8-2)21-13-14-11-15(23-4)17(25-6)16(12-14)24-5/h11-12H,7-10,13H2,1-6H3,(H2,19,20,21). The van der Waals surface area contributed by atoms with E-state index in [4.69, 9.17) is 14.2 Å². The molecule has 142 valence electrons. The molecule has 0 saturated heterocycles. The van der Waals surface area contributed by atoms with Crippen molar-refractivity contribution in [2.45, 2.75) is 20.4 Å². The van der Waals surface area contributed by atoms with Gasteiger partial charge < -0.3 is 29.7 Å². The van der Waals surface area contributed by atoms with Gasteiger partial charge in [0.25, 0.3) is 0 Å². The third-order valence-electron chi connectivity index (χ3n) is 3.81. The van der Waals surface area contributed by atoms with Crippen molar-refractivity contribution in [3.8, 4) is 17.2 Å². The van der Waals surface area contributed by atoms with Crippen LogP contribution < -0.4 is 24.8 Å². The van der Waals surface area contributed by atoms with Gasteiger partial charge in [0.1, 0.15) is 0 Å². The van der Waals surface area contributed by atoms with Gasteiger partial charge in [-0.2, -0.15) is 0 Å². The van der Waals surface area contributed by atoms with Crippen LogP contribution in [0.25, 0.3) is 0 Å². The second-order valence-corrected chi connectivity index (χ2v) is 5.55. The summed E-state index contributed by atoms with van der Waals surface area (Å²) in [4.78, 5) is 6.88. The van der Waals surface area contributed by atoms with Crippen LogP contribution in [0.4, 0.5) is 0 Å². The van der Waals surface area contributed by atoms with E-state index in [0.717, 1.165) is 37.7 Å². The topological polar surface area (TPSA) is 67.4 Å². The number of nitrogens with one attached hydrogen (secondary N) is 2. The Balaban J connectivity index is 2.84. The lowest BCUT2D eigenvalue weighted by Gasteiger charge is -2.16. The van der Waals surface area contributed by atoms with Gasteiger partial charge in [-0.1, -0.05) is 6.92 Å². The van der Waals surface area contributed by atoms with E-state index in [2.05, 4.69) is 41.4 Å². The number of rotatable bonds is 10. The van der Waals surface area contributed by atoms with Crippen LogP contribution in [0, 0.1) is 0 Å². The molecule has 0 aliphatic heterocycles. The van der Waals surface area contributed by atoms with Gasteiger partial charge in [0.2, 0.25) is 5.75 Å². The van der Waals surface area contributed by atoms with Gasteiger partial charge >= 0.3 is 0 Å². The molecule has 0 aliphatic carbocycles. The van der Waals surface area contributed by atoms with Crippen LogP contribution in [-0.4, -0.2) is 65.4 Å². The number of guanidine groups is 1. The zero-order valence-electron chi connectivity index (χ0n) is 16.3. The van der Waals surface area contributed by atoms with Gasteiger partial charge in [-0.15, -0.1) is 0 Å². The molecule has 0 spiro atoms. The van der Waals surface area contributed by atoms with Crippen LogP contribution >= 0.6 is 0 Å². The highest BCUT2D eigenvalue weighted by atomic mass is 16.5. The van der Waals surface area contributed by atoms with Crippen LogP contribution in [0.3, 0.4) is 0 Å². The molecule has 0 bridgehead atoms. The first-order chi connectivity index (χ1) is 12.1. The Kier molecular flexibility index (Phi) is 9.54. The van der Waals surface area contributed by atoms with Gasteiger partial charge in [-0.25, -0.2) is 4.99 Å². The molecule has 0 saturated carbocycles. The number of benzene rings is 1. The molecule has 0 aliphatic rings. The van der Waals surface area contributed by atoms with E-state index in [-0.39, 0.29) is 0 Å². The monoisotopic (exact) mass is 352 g/mol. The Bertz CT molecular complexity index is 524. The maximum Gasteiger partial charge on any atom is 0.203 e. The molecule has 0 radical (unpaired) electrons. The molecule has 0 fully saturated rings. The number of aliphatic imine (C=N–C) groups is 1. The number of hydrogen-bond donors (Lipinski definition) is 2. The van der Waals surface area contributed by atoms with E-state index in [0.29, 0.717) is 23.8 Å². The van der Waals surface area contributed by atoms with E-state index in [1.165, 1.54) is 0 Å². The summed E-state index contributed by atoms with van der Waals surface area (Å²) in [5.74, 6) is 2.65. The van der Waals surface area contributed by atoms with Crippen LogP contribution in [0.5, 0.6) is 17.2 Å². The highest BCUT2D eigenvalue weighted by Gasteiger charge is 2.13. The maximum atomic E-state index is 5.39.